The van der Waals surface area contributed by atoms with Crippen LogP contribution in [0.3, 0.4) is 0 Å². The quantitative estimate of drug-likeness (QED) is 0.0279. The number of ether oxygens (including phenoxy) is 2. The van der Waals surface area contributed by atoms with Gasteiger partial charge in [-0.2, -0.15) is 0 Å². The first-order valence-electron chi connectivity index (χ1n) is 23.9. The van der Waals surface area contributed by atoms with Crippen LogP contribution in [-0.2, 0) is 32.7 Å². The summed E-state index contributed by atoms with van der Waals surface area (Å²) in [5.41, 5.74) is 0. The third kappa shape index (κ3) is 44.8. The molecule has 2 unspecified atom stereocenters. The summed E-state index contributed by atoms with van der Waals surface area (Å²) in [5.74, 6) is -0.844. The average Bonchev–Trinajstić information content (AvgIpc) is 3.23. The zero-order valence-corrected chi connectivity index (χ0v) is 39.2. The van der Waals surface area contributed by atoms with Crippen LogP contribution in [0.4, 0.5) is 0 Å². The Morgan fingerprint density at radius 1 is 0.467 bits per heavy atom. The zero-order chi connectivity index (χ0) is 43.9. The van der Waals surface area contributed by atoms with Crippen molar-refractivity contribution in [3.63, 3.8) is 0 Å². The zero-order valence-electron chi connectivity index (χ0n) is 38.3. The summed E-state index contributed by atoms with van der Waals surface area (Å²) in [7, 11) is -4.30. The molecule has 0 aliphatic heterocycles. The van der Waals surface area contributed by atoms with Crippen molar-refractivity contribution < 1.29 is 37.6 Å². The molecule has 8 nitrogen and oxygen atoms in total. The van der Waals surface area contributed by atoms with Crippen molar-refractivity contribution in [2.45, 2.75) is 207 Å². The molecule has 0 aromatic heterocycles. The number of rotatable bonds is 43. The first-order chi connectivity index (χ1) is 29.3. The van der Waals surface area contributed by atoms with Gasteiger partial charge < -0.3 is 14.4 Å². The van der Waals surface area contributed by atoms with Crippen LogP contribution in [0.5, 0.6) is 0 Å². The third-order valence-electron chi connectivity index (χ3n) is 9.69. The van der Waals surface area contributed by atoms with Crippen molar-refractivity contribution >= 4 is 19.8 Å². The lowest BCUT2D eigenvalue weighted by atomic mass is 10.1. The highest BCUT2D eigenvalue weighted by Gasteiger charge is 2.25. The Labute approximate surface area is 367 Å². The summed E-state index contributed by atoms with van der Waals surface area (Å²) in [6, 6.07) is 0. The summed E-state index contributed by atoms with van der Waals surface area (Å²) in [6.45, 7) is 5.31. The summed E-state index contributed by atoms with van der Waals surface area (Å²) >= 11 is 0. The van der Waals surface area contributed by atoms with E-state index in [-0.39, 0.29) is 32.0 Å². The van der Waals surface area contributed by atoms with Gasteiger partial charge in [0.25, 0.3) is 0 Å². The van der Waals surface area contributed by atoms with Gasteiger partial charge in [-0.05, 0) is 96.8 Å². The van der Waals surface area contributed by atoms with E-state index in [0.29, 0.717) is 6.42 Å². The molecule has 2 atom stereocenters. The molecule has 0 fully saturated rings. The van der Waals surface area contributed by atoms with E-state index in [1.165, 1.54) is 83.5 Å². The first-order valence-corrected chi connectivity index (χ1v) is 25.4. The fourth-order valence-electron chi connectivity index (χ4n) is 6.22. The minimum atomic E-state index is -4.30. The van der Waals surface area contributed by atoms with E-state index in [0.717, 1.165) is 77.0 Å². The Kier molecular flexibility index (Phi) is 43.6. The average molecular weight is 859 g/mol. The van der Waals surface area contributed by atoms with E-state index < -0.39 is 26.5 Å². The molecule has 60 heavy (non-hydrogen) atoms. The number of carbonyl (C=O) groups is 2. The predicted octanol–water partition coefficient (Wildman–Crippen LogP) is 15.5. The van der Waals surface area contributed by atoms with Gasteiger partial charge in [-0.3, -0.25) is 18.6 Å². The molecule has 344 valence electrons. The van der Waals surface area contributed by atoms with Gasteiger partial charge in [0.15, 0.2) is 6.10 Å². The van der Waals surface area contributed by atoms with Gasteiger partial charge >= 0.3 is 19.8 Å². The molecule has 1 N–H and O–H groups in total. The van der Waals surface area contributed by atoms with Crippen LogP contribution in [0.25, 0.3) is 0 Å². The van der Waals surface area contributed by atoms with E-state index in [2.05, 4.69) is 98.9 Å². The van der Waals surface area contributed by atoms with Crippen molar-refractivity contribution in [2.75, 3.05) is 19.8 Å². The number of phosphoric ester groups is 1. The number of hydrogen-bond donors (Lipinski definition) is 1. The van der Waals surface area contributed by atoms with Gasteiger partial charge in [0.1, 0.15) is 6.61 Å². The Bertz CT molecular complexity index is 1250. The van der Waals surface area contributed by atoms with E-state index in [9.17, 15) is 19.0 Å². The summed E-state index contributed by atoms with van der Waals surface area (Å²) < 4.78 is 32.7. The normalized spacial score (nSPS) is 14.0. The van der Waals surface area contributed by atoms with Crippen molar-refractivity contribution in [3.8, 4) is 0 Å². The van der Waals surface area contributed by atoms with Crippen LogP contribution < -0.4 is 0 Å². The second kappa shape index (κ2) is 45.7. The molecule has 0 aromatic carbocycles. The molecule has 0 aliphatic carbocycles. The number of unbranched alkanes of at least 4 members (excludes halogenated alkanes) is 17. The maximum Gasteiger partial charge on any atom is 0.472 e. The van der Waals surface area contributed by atoms with Crippen molar-refractivity contribution in [3.05, 3.63) is 85.1 Å². The smallest absolute Gasteiger partial charge is 0.462 e. The van der Waals surface area contributed by atoms with Crippen molar-refractivity contribution in [1.29, 1.82) is 0 Å². The highest BCUT2D eigenvalue weighted by Crippen LogP contribution is 2.43. The van der Waals surface area contributed by atoms with Crippen LogP contribution >= 0.6 is 7.82 Å². The van der Waals surface area contributed by atoms with Gasteiger partial charge in [0, 0.05) is 12.8 Å². The lowest BCUT2D eigenvalue weighted by Gasteiger charge is -2.19. The monoisotopic (exact) mass is 859 g/mol. The molecular formula is C51H87O8P. The van der Waals surface area contributed by atoms with Crippen LogP contribution in [0.1, 0.15) is 201 Å². The van der Waals surface area contributed by atoms with Crippen LogP contribution in [-0.4, -0.2) is 42.8 Å². The fourth-order valence-corrected chi connectivity index (χ4v) is 6.97. The third-order valence-corrected chi connectivity index (χ3v) is 10.7. The van der Waals surface area contributed by atoms with Gasteiger partial charge in [-0.25, -0.2) is 4.57 Å². The van der Waals surface area contributed by atoms with Crippen LogP contribution in [0, 0.1) is 0 Å². The minimum absolute atomic E-state index is 0.0114. The molecule has 0 aromatic rings. The molecule has 0 bridgehead atoms. The van der Waals surface area contributed by atoms with Crippen molar-refractivity contribution in [1.82, 2.24) is 0 Å². The minimum Gasteiger partial charge on any atom is -0.462 e. The lowest BCUT2D eigenvalue weighted by Crippen LogP contribution is -2.29. The fraction of sp³-hybridized carbons (Fsp3) is 0.686. The summed E-state index contributed by atoms with van der Waals surface area (Å²) in [6.07, 6.45) is 59.2. The molecule has 0 rings (SSSR count). The number of hydrogen-bond acceptors (Lipinski definition) is 7. The molecule has 0 saturated heterocycles. The lowest BCUT2D eigenvalue weighted by molar-refractivity contribution is -0.161. The Balaban J connectivity index is 4.11. The molecule has 0 aliphatic rings. The molecule has 0 amide bonds. The molecule has 0 heterocycles. The topological polar surface area (TPSA) is 108 Å². The predicted molar refractivity (Wildman–Crippen MR) is 253 cm³/mol. The second-order valence-corrected chi connectivity index (χ2v) is 16.8. The van der Waals surface area contributed by atoms with Crippen LogP contribution in [0.15, 0.2) is 85.1 Å². The maximum absolute atomic E-state index is 12.6. The van der Waals surface area contributed by atoms with E-state index in [1.807, 2.05) is 0 Å². The van der Waals surface area contributed by atoms with Gasteiger partial charge in [0.2, 0.25) is 0 Å². The number of esters is 2. The van der Waals surface area contributed by atoms with E-state index in [1.54, 1.807) is 6.92 Å². The van der Waals surface area contributed by atoms with Gasteiger partial charge in [-0.1, -0.05) is 176 Å². The highest BCUT2D eigenvalue weighted by molar-refractivity contribution is 7.47. The Morgan fingerprint density at radius 3 is 1.30 bits per heavy atom. The summed E-state index contributed by atoms with van der Waals surface area (Å²) in [4.78, 5) is 34.9. The highest BCUT2D eigenvalue weighted by atomic mass is 31.2. The van der Waals surface area contributed by atoms with E-state index >= 15 is 0 Å². The molecule has 0 radical (unpaired) electrons. The van der Waals surface area contributed by atoms with Crippen LogP contribution in [0.2, 0.25) is 0 Å². The second-order valence-electron chi connectivity index (χ2n) is 15.4. The van der Waals surface area contributed by atoms with Gasteiger partial charge in [-0.15, -0.1) is 0 Å². The molecule has 0 saturated carbocycles. The van der Waals surface area contributed by atoms with E-state index in [4.69, 9.17) is 18.5 Å². The standard InChI is InChI=1S/C51H87O8P/c1-4-7-9-11-13-15-17-19-21-23-25-26-28-29-31-33-35-37-39-41-43-45-50(52)56-47-49(48-58-60(54,55)57-6-3)59-51(53)46-44-42-40-38-36-34-32-30-27-24-22-20-18-16-14-12-10-8-5-2/h8,10,14,16-17,19-20,22-23,25,27,30,34,36,49H,4-7,9,11-13,15,18,21,24,26,28-29,31-33,35,37-48H2,1-3H3,(H,54,55)/b10-8-,16-14-,19-17-,22-20-,25-23-,30-27-,36-34-. The Hall–Kier alpha value is -2.77. The molecule has 0 spiro atoms. The Morgan fingerprint density at radius 2 is 0.850 bits per heavy atom. The van der Waals surface area contributed by atoms with Gasteiger partial charge in [0.05, 0.1) is 13.2 Å². The number of allylic oxidation sites excluding steroid dienone is 14. The SMILES string of the molecule is CC/C=C\C/C=C\C/C=C\C/C=C\C/C=C\CCCCCC(=O)OC(COC(=O)CCCCCCCCCCC/C=C\C/C=C\CCCCCCC)COP(=O)(O)OCC. The summed E-state index contributed by atoms with van der Waals surface area (Å²) in [5, 5.41) is 0. The largest absolute Gasteiger partial charge is 0.472 e. The molecule has 9 heteroatoms. The molecular weight excluding hydrogens is 772 g/mol. The first kappa shape index (κ1) is 57.2. The van der Waals surface area contributed by atoms with Crippen molar-refractivity contribution in [2.24, 2.45) is 0 Å². The number of phosphoric acid groups is 1. The maximum atomic E-state index is 12.6. The number of carbonyl (C=O) groups excluding carboxylic acids is 2.